The summed E-state index contributed by atoms with van der Waals surface area (Å²) in [6, 6.07) is -8.17. The molecular formula is C80H134N4O59. The van der Waals surface area contributed by atoms with Gasteiger partial charge in [-0.1, -0.05) is 0 Å². The molecule has 63 nitrogen and oxygen atoms in total. The first-order valence-corrected chi connectivity index (χ1v) is 45.9. The lowest BCUT2D eigenvalue weighted by Crippen LogP contribution is -2.71. The lowest BCUT2D eigenvalue weighted by Gasteiger charge is -2.51. The number of aliphatic hydroxyl groups excluding tert-OH is 32. The Hall–Kier alpha value is -4.32. The number of ether oxygens (including phenoxy) is 23. The van der Waals surface area contributed by atoms with Gasteiger partial charge in [0.05, 0.1) is 78.3 Å². The molecule has 12 fully saturated rings. The molecule has 0 aromatic carbocycles. The molecule has 0 saturated carbocycles. The van der Waals surface area contributed by atoms with Gasteiger partial charge < -0.3 is 294 Å². The SMILES string of the molecule is CC(=O)N[C@H]1[C@H](O[C@H]2[C@@H](O)[C@@H](CO)O[C@@H](O[C@H]3[C@H](O)[C@@H](O)[C@H](O)O[C@@H]3CO)[C@@H]2O)O[C@H](CO)[C@@H](O[C@@H]2O[C@H](CO[C@@H]3O[C@H](CO)[C@@H](O[C@@H]4O[C@H](CO)[C@H](O)[C@H](O)[C@H]4O[C@@H]4O[C@@H](C)[C@@H](O)[C@@H](O)[C@@H]4O)[C@H](O)[C@H]3NC(C)=O)[C@H](O)[C@H](O[C@@H]3O[C@H](CO)[C@@H](O[C@@H]4O[C@H](CO)[C@H](O)[C@H](O[C@@H]5O[C@H](CO)[C@@H](O[C@@H]6O[C@H](CO)[C@H](O)[C@H](O)[C@H]6O[C@@H]6O[C@@H](C)[C@@H](O)[C@@H](O)[C@@H]6O)[C@H](O)[C@H]5NC(C)=O)[C@H]4O)[C@H](O)[C@H]3NC(C)=O)[C@H]2O)[C@@H]1O. The van der Waals surface area contributed by atoms with Gasteiger partial charge in [-0.3, -0.25) is 19.2 Å². The maximum absolute atomic E-state index is 13.5. The number of carbonyl (C=O) groups is 4. The monoisotopic (exact) mass is 2090 g/mol. The number of hydrogen-bond acceptors (Lipinski definition) is 59. The third-order valence-corrected chi connectivity index (χ3v) is 26.6. The van der Waals surface area contributed by atoms with Crippen molar-refractivity contribution < 1.29 is 292 Å². The second kappa shape index (κ2) is 51.0. The van der Waals surface area contributed by atoms with Crippen molar-refractivity contribution in [1.29, 1.82) is 0 Å². The van der Waals surface area contributed by atoms with Crippen molar-refractivity contribution in [3.63, 3.8) is 0 Å². The lowest BCUT2D eigenvalue weighted by molar-refractivity contribution is -0.394. The van der Waals surface area contributed by atoms with Crippen LogP contribution in [0.5, 0.6) is 0 Å². The summed E-state index contributed by atoms with van der Waals surface area (Å²) in [7, 11) is 0. The Morgan fingerprint density at radius 3 is 0.713 bits per heavy atom. The maximum Gasteiger partial charge on any atom is 0.217 e. The van der Waals surface area contributed by atoms with Crippen LogP contribution in [0, 0.1) is 0 Å². The van der Waals surface area contributed by atoms with E-state index in [2.05, 4.69) is 21.3 Å². The highest BCUT2D eigenvalue weighted by Gasteiger charge is 2.64. The van der Waals surface area contributed by atoms with E-state index in [-0.39, 0.29) is 0 Å². The Kier molecular flexibility index (Phi) is 41.8. The van der Waals surface area contributed by atoms with Crippen LogP contribution in [0.3, 0.4) is 0 Å². The third-order valence-electron chi connectivity index (χ3n) is 26.6. The number of aliphatic hydroxyl groups is 32. The topological polar surface area (TPSA) is 976 Å². The molecular weight excluding hydrogens is 1960 g/mol. The summed E-state index contributed by atoms with van der Waals surface area (Å²) in [5, 5.41) is 369. The molecule has 0 bridgehead atoms. The molecule has 60 atom stereocenters. The average Bonchev–Trinajstić information content (AvgIpc) is 0.766. The first-order valence-electron chi connectivity index (χ1n) is 45.9. The van der Waals surface area contributed by atoms with Gasteiger partial charge in [-0.2, -0.15) is 0 Å². The van der Waals surface area contributed by atoms with Crippen LogP contribution in [0.15, 0.2) is 0 Å². The highest BCUT2D eigenvalue weighted by atomic mass is 16.8. The van der Waals surface area contributed by atoms with Gasteiger partial charge in [-0.15, -0.1) is 0 Å². The molecule has 143 heavy (non-hydrogen) atoms. The van der Waals surface area contributed by atoms with Crippen molar-refractivity contribution in [2.45, 2.75) is 410 Å². The Bertz CT molecular complexity index is 3960. The van der Waals surface area contributed by atoms with E-state index in [1.807, 2.05) is 0 Å². The Balaban J connectivity index is 0.822. The summed E-state index contributed by atoms with van der Waals surface area (Å²) in [6.45, 7) is -5.48. The molecule has 828 valence electrons. The van der Waals surface area contributed by atoms with Crippen molar-refractivity contribution in [3.8, 4) is 0 Å². The standard InChI is InChI=1S/C80H134N4O59/c1-17-37(98)48(109)54(115)74(122-17)142-67-50(111)39(100)23(7-85)127-79(67)137-61-28(12-90)129-70(33(44(61)105)81-19(3)94)121-16-32-43(104)66(58(119)78(133-32)135-60-30(14-92)130-71(34(46(60)107)82-20(4)95)140-65-42(103)26(10-88)126-77(57(65)118)136-63-27(11-89)124-69(120)53(114)52(63)113)141-73-35(83-21(5)96)45(106)59(29(13-91)131-73)134-76-56(117)64(41(102)25(9-87)125-76)139-72-36(84-22(6)97)47(108)62(31(15-93)132-72)138-80-68(51(112)40(101)24(8-86)128-80)143-75-55(116)49(110)38(99)18(2)123-75/h17-18,23-80,85-93,98-120H,7-16H2,1-6H3,(H,81,94)(H,82,95)(H,83,96)(H,84,97)/t17-,18-,23+,24+,25+,26+,27+,28+,29+,30+,31+,32+,33+,34+,35+,36+,37+,38+,39-,40-,41-,42-,43-,44+,45+,46+,47+,48+,49+,50-,51-,52+,53+,54-,55-,56+,57+,58+,59+,60+,61+,62+,63+,64-,65-,66-,67+,68+,69+,70+,71-,72-,73-,74-,75-,76-,77-,78-,79-,80-/m0/s1. The predicted molar refractivity (Wildman–Crippen MR) is 439 cm³/mol. The summed E-state index contributed by atoms with van der Waals surface area (Å²) >= 11 is 0. The summed E-state index contributed by atoms with van der Waals surface area (Å²) in [4.78, 5) is 53.0. The van der Waals surface area contributed by atoms with Crippen LogP contribution in [0.4, 0.5) is 0 Å². The number of amides is 4. The minimum atomic E-state index is -2.62. The van der Waals surface area contributed by atoms with Crippen LogP contribution in [0.25, 0.3) is 0 Å². The zero-order valence-corrected chi connectivity index (χ0v) is 77.0. The zero-order chi connectivity index (χ0) is 105. The molecule has 36 N–H and O–H groups in total. The molecule has 12 aliphatic heterocycles. The predicted octanol–water partition coefficient (Wildman–Crippen LogP) is -24.5. The summed E-state index contributed by atoms with van der Waals surface area (Å²) in [5.41, 5.74) is 0. The zero-order valence-electron chi connectivity index (χ0n) is 77.0. The van der Waals surface area contributed by atoms with Crippen LogP contribution >= 0.6 is 0 Å². The summed E-state index contributed by atoms with van der Waals surface area (Å²) in [6.07, 6.45) is -116. The lowest BCUT2D eigenvalue weighted by atomic mass is 9.93. The Labute approximate surface area is 809 Å². The molecule has 0 aromatic heterocycles. The second-order valence-corrected chi connectivity index (χ2v) is 36.6. The van der Waals surface area contributed by atoms with Gasteiger partial charge in [0, 0.05) is 27.7 Å². The smallest absolute Gasteiger partial charge is 0.217 e. The maximum atomic E-state index is 13.5. The molecule has 0 unspecified atom stereocenters. The molecule has 12 saturated heterocycles. The average molecular weight is 2100 g/mol. The summed E-state index contributed by atoms with van der Waals surface area (Å²) in [5.74, 6) is -4.06. The van der Waals surface area contributed by atoms with Crippen LogP contribution in [-0.2, 0) is 128 Å². The largest absolute Gasteiger partial charge is 0.394 e. The molecule has 0 spiro atoms. The fourth-order valence-corrected chi connectivity index (χ4v) is 18.8. The van der Waals surface area contributed by atoms with Gasteiger partial charge >= 0.3 is 0 Å². The molecule has 0 aromatic rings. The summed E-state index contributed by atoms with van der Waals surface area (Å²) < 4.78 is 136. The number of hydrogen-bond donors (Lipinski definition) is 36. The Morgan fingerprint density at radius 1 is 0.196 bits per heavy atom. The fraction of sp³-hybridized carbons (Fsp3) is 0.950. The van der Waals surface area contributed by atoms with Gasteiger partial charge in [0.25, 0.3) is 0 Å². The highest BCUT2D eigenvalue weighted by molar-refractivity contribution is 5.74. The van der Waals surface area contributed by atoms with Crippen molar-refractivity contribution in [1.82, 2.24) is 21.3 Å². The van der Waals surface area contributed by atoms with Gasteiger partial charge in [0.15, 0.2) is 75.5 Å². The molecule has 0 aliphatic carbocycles. The first-order chi connectivity index (χ1) is 67.6. The van der Waals surface area contributed by atoms with Crippen LogP contribution in [0.1, 0.15) is 41.5 Å². The minimum Gasteiger partial charge on any atom is -0.394 e. The second-order valence-electron chi connectivity index (χ2n) is 36.6. The van der Waals surface area contributed by atoms with E-state index >= 15 is 0 Å². The van der Waals surface area contributed by atoms with E-state index < -0.39 is 458 Å². The van der Waals surface area contributed by atoms with Gasteiger partial charge in [-0.05, 0) is 13.8 Å². The molecule has 63 heteroatoms. The van der Waals surface area contributed by atoms with Gasteiger partial charge in [0.2, 0.25) is 23.6 Å². The third kappa shape index (κ3) is 25.6. The molecule has 4 amide bonds. The van der Waals surface area contributed by atoms with Crippen molar-refractivity contribution in [2.24, 2.45) is 0 Å². The Morgan fingerprint density at radius 2 is 0.413 bits per heavy atom. The quantitative estimate of drug-likeness (QED) is 0.0277. The number of carbonyl (C=O) groups excluding carboxylic acids is 4. The normalized spacial score (nSPS) is 50.7. The van der Waals surface area contributed by atoms with E-state index in [0.29, 0.717) is 0 Å². The van der Waals surface area contributed by atoms with Crippen LogP contribution in [0.2, 0.25) is 0 Å². The van der Waals surface area contributed by atoms with E-state index in [1.165, 1.54) is 13.8 Å². The van der Waals surface area contributed by atoms with Crippen molar-refractivity contribution in [2.75, 3.05) is 66.1 Å². The van der Waals surface area contributed by atoms with Gasteiger partial charge in [0.1, 0.15) is 281 Å². The van der Waals surface area contributed by atoms with Crippen molar-refractivity contribution in [3.05, 3.63) is 0 Å². The van der Waals surface area contributed by atoms with E-state index in [0.717, 1.165) is 27.7 Å². The molecule has 12 heterocycles. The van der Waals surface area contributed by atoms with Gasteiger partial charge in [-0.25, -0.2) is 0 Å². The van der Waals surface area contributed by atoms with E-state index in [1.54, 1.807) is 0 Å². The fourth-order valence-electron chi connectivity index (χ4n) is 18.8. The van der Waals surface area contributed by atoms with Crippen molar-refractivity contribution >= 4 is 23.6 Å². The van der Waals surface area contributed by atoms with Crippen LogP contribution < -0.4 is 21.3 Å². The molecule has 12 rings (SSSR count). The molecule has 12 aliphatic rings. The number of rotatable bonds is 36. The first kappa shape index (κ1) is 117. The molecule has 0 radical (unpaired) electrons. The number of nitrogens with one attached hydrogen (secondary N) is 4. The van der Waals surface area contributed by atoms with Crippen LogP contribution in [-0.4, -0.2) is 621 Å². The minimum absolute atomic E-state index is 0.866. The van der Waals surface area contributed by atoms with E-state index in [4.69, 9.17) is 109 Å². The van der Waals surface area contributed by atoms with E-state index in [9.17, 15) is 183 Å². The highest BCUT2D eigenvalue weighted by Crippen LogP contribution is 2.43.